The third-order valence-electron chi connectivity index (χ3n) is 27.0. The minimum absolute atomic E-state index is 0.248. The van der Waals surface area contributed by atoms with Crippen molar-refractivity contribution in [2.75, 3.05) is 0 Å². The van der Waals surface area contributed by atoms with Crippen LogP contribution in [-0.2, 0) is 5.41 Å². The Morgan fingerprint density at radius 1 is 0.244 bits per heavy atom. The summed E-state index contributed by atoms with van der Waals surface area (Å²) in [4.78, 5) is 33.5. The Morgan fingerprint density at radius 3 is 1.18 bits per heavy atom. The van der Waals surface area contributed by atoms with Crippen LogP contribution in [0, 0.1) is 0 Å². The van der Waals surface area contributed by atoms with Crippen molar-refractivity contribution in [3.8, 4) is 62.6 Å². The predicted octanol–water partition coefficient (Wildman–Crippen LogP) is 32.9. The molecule has 0 aliphatic heterocycles. The van der Waals surface area contributed by atoms with Crippen molar-refractivity contribution in [2.24, 2.45) is 0 Å². The number of hydrogen-bond acceptors (Lipinski definition) is 11. The van der Waals surface area contributed by atoms with Gasteiger partial charge in [-0.05, 0) is 153 Å². The van der Waals surface area contributed by atoms with Crippen molar-refractivity contribution < 1.29 is 4.42 Å². The van der Waals surface area contributed by atoms with Crippen LogP contribution in [0.2, 0.25) is 0 Å². The lowest BCUT2D eigenvalue weighted by molar-refractivity contribution is 0.653. The third kappa shape index (κ3) is 11.4. The first-order valence-corrected chi connectivity index (χ1v) is 47.4. The lowest BCUT2D eigenvalue weighted by Gasteiger charge is -2.24. The van der Waals surface area contributed by atoms with E-state index in [1.165, 1.54) is 147 Å². The maximum Gasteiger partial charge on any atom is 0.247 e. The number of nitrogens with zero attached hydrogens (tertiary/aromatic N) is 9. The number of thiophene rings is 4. The summed E-state index contributed by atoms with van der Waals surface area (Å²) in [6.45, 7) is 4.63. The average Bonchev–Trinajstić information content (AvgIpc) is 1.56. The lowest BCUT2D eigenvalue weighted by Crippen LogP contribution is -2.18. The van der Waals surface area contributed by atoms with E-state index in [-0.39, 0.29) is 5.41 Å². The van der Waals surface area contributed by atoms with Crippen molar-refractivity contribution in [1.82, 2.24) is 43.6 Å². The maximum atomic E-state index is 6.27. The van der Waals surface area contributed by atoms with Gasteiger partial charge in [0.1, 0.15) is 32.8 Å². The summed E-state index contributed by atoms with van der Waals surface area (Å²) in [5.41, 5.74) is 20.1. The molecular weight excluding hydrogens is 1680 g/mol. The molecule has 0 spiro atoms. The topological polar surface area (TPSA) is 105 Å². The fourth-order valence-electron chi connectivity index (χ4n) is 20.9. The Labute approximate surface area is 763 Å². The molecule has 0 radical (unpaired) electrons. The highest BCUT2D eigenvalue weighted by Gasteiger charge is 2.41. The molecule has 29 aromatic rings. The van der Waals surface area contributed by atoms with Crippen molar-refractivity contribution >= 4 is 246 Å². The highest BCUT2D eigenvalue weighted by Crippen LogP contribution is 2.54. The summed E-state index contributed by atoms with van der Waals surface area (Å²) in [5, 5.41) is 24.3. The maximum absolute atomic E-state index is 6.27. The van der Waals surface area contributed by atoms with Gasteiger partial charge in [0, 0.05) is 142 Å². The Kier molecular flexibility index (Phi) is 16.2. The second-order valence-corrected chi connectivity index (χ2v) is 39.0. The summed E-state index contributed by atoms with van der Waals surface area (Å²) < 4.78 is 22.0. The van der Waals surface area contributed by atoms with Crippen LogP contribution < -0.4 is 0 Å². The van der Waals surface area contributed by atoms with Gasteiger partial charge in [0.2, 0.25) is 11.7 Å². The van der Waals surface area contributed by atoms with Crippen LogP contribution in [0.5, 0.6) is 0 Å². The molecule has 0 bridgehead atoms. The third-order valence-corrected chi connectivity index (χ3v) is 31.4. The van der Waals surface area contributed by atoms with Gasteiger partial charge in [-0.3, -0.25) is 13.7 Å². The molecule has 0 unspecified atom stereocenters. The minimum atomic E-state index is -0.248. The average molecular weight is 1750 g/mol. The quantitative estimate of drug-likeness (QED) is 0.163. The summed E-state index contributed by atoms with van der Waals surface area (Å²) in [5.74, 6) is 2.35. The van der Waals surface area contributed by atoms with Gasteiger partial charge in [-0.1, -0.05) is 281 Å². The number of furan rings is 1. The standard InChI is InChI=1S/C41H27N3S.C38H21N3OS.C38H21N3S2/c1-41(2)32-16-8-5-15-29(32)39-37(41)38(26-19-20-36-31(22-26)28-14-7-10-18-35(28)45-36)42-40(43-39)44-33-17-9-6-13-27(33)30-21-24-11-3-4-12-25(24)23-34(30)44;1-2-10-23-20-31-29(19-22(23)9-1)25-11-3-6-14-30(25)41(31)37-35(40-38-36(39-37)28-13-4-7-15-32(28)42-38)24-17-18-27-26-12-5-8-16-33(26)43-34(27)21-24;1-2-10-23-20-31-29(19-22(23)9-1)25-11-3-6-14-30(25)41(31)37-35(40-38-36(39-37)28-13-5-8-16-33(28)43-38)24-17-18-27-26-12-4-7-15-32(26)42-34(27)21-24/h3-23H,1-2H3;2*1-21H. The van der Waals surface area contributed by atoms with E-state index in [0.29, 0.717) is 11.7 Å². The lowest BCUT2D eigenvalue weighted by atomic mass is 9.81. The normalized spacial score (nSPS) is 12.7. The number of rotatable bonds is 6. The number of fused-ring (bicyclic) bond motifs is 30. The molecule has 0 fully saturated rings. The molecule has 0 saturated carbocycles. The van der Waals surface area contributed by atoms with Crippen LogP contribution in [-0.4, -0.2) is 43.6 Å². The molecule has 612 valence electrons. The molecule has 1 aliphatic carbocycles. The van der Waals surface area contributed by atoms with Crippen LogP contribution in [0.1, 0.15) is 25.0 Å². The molecule has 14 heteroatoms. The van der Waals surface area contributed by atoms with Gasteiger partial charge in [0.25, 0.3) is 0 Å². The zero-order valence-corrected chi connectivity index (χ0v) is 73.7. The largest absolute Gasteiger partial charge is 0.436 e. The zero-order chi connectivity index (χ0) is 86.0. The SMILES string of the molecule is CC1(C)c2ccccc2-c2nc(-n3c4ccccc4c4cc5ccccc5cc43)nc(-c3ccc4sc5ccccc5c4c3)c21.c1ccc2cc3c(cc2c1)c1ccccc1n3-c1nc2c(nc1-c1ccc3c(c1)sc1ccccc13)oc1ccccc12.c1ccc2cc3c(cc2c1)c1ccccc1n3-c1nc2c(nc1-c1ccc3c(c1)sc1ccccc13)sc1ccccc12. The molecule has 11 heterocycles. The van der Waals surface area contributed by atoms with Gasteiger partial charge < -0.3 is 4.42 Å². The Balaban J connectivity index is 0.0000000986. The van der Waals surface area contributed by atoms with Crippen LogP contribution in [0.15, 0.2) is 387 Å². The molecule has 10 nitrogen and oxygen atoms in total. The van der Waals surface area contributed by atoms with E-state index in [2.05, 4.69) is 392 Å². The van der Waals surface area contributed by atoms with Crippen molar-refractivity contribution in [2.45, 2.75) is 19.3 Å². The molecule has 18 aromatic carbocycles. The predicted molar refractivity (Wildman–Crippen MR) is 554 cm³/mol. The summed E-state index contributed by atoms with van der Waals surface area (Å²) >= 11 is 7.21. The molecule has 30 rings (SSSR count). The summed E-state index contributed by atoms with van der Waals surface area (Å²) in [6.07, 6.45) is 0. The van der Waals surface area contributed by atoms with Gasteiger partial charge in [-0.2, -0.15) is 0 Å². The molecule has 0 atom stereocenters. The van der Waals surface area contributed by atoms with Gasteiger partial charge in [-0.25, -0.2) is 29.9 Å². The van der Waals surface area contributed by atoms with Gasteiger partial charge in [0.05, 0.1) is 44.5 Å². The Bertz CT molecular complexity index is 9610. The van der Waals surface area contributed by atoms with E-state index in [9.17, 15) is 0 Å². The van der Waals surface area contributed by atoms with E-state index in [1.54, 1.807) is 11.3 Å². The number of aromatic nitrogens is 9. The molecule has 0 amide bonds. The van der Waals surface area contributed by atoms with E-state index in [0.717, 1.165) is 116 Å². The second kappa shape index (κ2) is 28.5. The Morgan fingerprint density at radius 2 is 0.626 bits per heavy atom. The fraction of sp³-hybridized carbons (Fsp3) is 0.0256. The zero-order valence-electron chi connectivity index (χ0n) is 70.4. The second-order valence-electron chi connectivity index (χ2n) is 34.7. The molecule has 0 saturated heterocycles. The Hall–Kier alpha value is -15.9. The van der Waals surface area contributed by atoms with Crippen LogP contribution >= 0.6 is 45.3 Å². The highest BCUT2D eigenvalue weighted by molar-refractivity contribution is 7.27. The van der Waals surface area contributed by atoms with Gasteiger partial charge in [-0.15, -0.1) is 45.3 Å². The van der Waals surface area contributed by atoms with Crippen molar-refractivity contribution in [3.63, 3.8) is 0 Å². The molecule has 0 N–H and O–H groups in total. The first-order chi connectivity index (χ1) is 64.7. The smallest absolute Gasteiger partial charge is 0.247 e. The molecule has 1 aliphatic rings. The van der Waals surface area contributed by atoms with Gasteiger partial charge >= 0.3 is 0 Å². The molecule has 11 aromatic heterocycles. The molecular formula is C117H69N9OS4. The highest BCUT2D eigenvalue weighted by atomic mass is 32.1. The first-order valence-electron chi connectivity index (χ1n) is 44.1. The monoisotopic (exact) mass is 1740 g/mol. The van der Waals surface area contributed by atoms with E-state index in [1.807, 2.05) is 52.2 Å². The minimum Gasteiger partial charge on any atom is -0.436 e. The van der Waals surface area contributed by atoms with Crippen molar-refractivity contribution in [1.29, 1.82) is 0 Å². The van der Waals surface area contributed by atoms with Gasteiger partial charge in [0.15, 0.2) is 11.6 Å². The van der Waals surface area contributed by atoms with Crippen LogP contribution in [0.3, 0.4) is 0 Å². The number of para-hydroxylation sites is 4. The first kappa shape index (κ1) is 74.2. The van der Waals surface area contributed by atoms with Crippen molar-refractivity contribution in [3.05, 3.63) is 393 Å². The number of benzene rings is 18. The van der Waals surface area contributed by atoms with Crippen LogP contribution in [0.25, 0.3) is 263 Å². The summed E-state index contributed by atoms with van der Waals surface area (Å²) in [6, 6.07) is 137. The van der Waals surface area contributed by atoms with E-state index in [4.69, 9.17) is 34.3 Å². The fourth-order valence-corrected chi connectivity index (χ4v) is 25.3. The van der Waals surface area contributed by atoms with E-state index >= 15 is 0 Å². The molecule has 131 heavy (non-hydrogen) atoms. The van der Waals surface area contributed by atoms with Crippen LogP contribution in [0.4, 0.5) is 0 Å². The summed E-state index contributed by atoms with van der Waals surface area (Å²) in [7, 11) is 0. The van der Waals surface area contributed by atoms with E-state index < -0.39 is 0 Å². The number of hydrogen-bond donors (Lipinski definition) is 0.